The summed E-state index contributed by atoms with van der Waals surface area (Å²) < 4.78 is 30.1. The second kappa shape index (κ2) is 6.79. The first kappa shape index (κ1) is 16.7. The molecule has 2 aliphatic rings. The van der Waals surface area contributed by atoms with Crippen LogP contribution in [-0.4, -0.2) is 51.8 Å². The van der Waals surface area contributed by atoms with Gasteiger partial charge in [0.1, 0.15) is 5.75 Å². The van der Waals surface area contributed by atoms with E-state index in [0.29, 0.717) is 25.0 Å². The number of ether oxygens (including phenoxy) is 1. The van der Waals surface area contributed by atoms with Crippen molar-refractivity contribution in [3.8, 4) is 5.75 Å². The van der Waals surface area contributed by atoms with E-state index in [1.54, 1.807) is 11.4 Å². The molecule has 128 valence electrons. The maximum atomic E-state index is 11.6. The molecule has 23 heavy (non-hydrogen) atoms. The molecule has 6 heteroatoms. The van der Waals surface area contributed by atoms with E-state index in [2.05, 4.69) is 17.4 Å². The molecule has 1 aliphatic heterocycles. The Morgan fingerprint density at radius 1 is 1.30 bits per heavy atom. The molecule has 2 atom stereocenters. The topological polar surface area (TPSA) is 58.6 Å². The van der Waals surface area contributed by atoms with E-state index in [1.165, 1.54) is 17.4 Å². The zero-order chi connectivity index (χ0) is 16.4. The molecule has 1 aliphatic carbocycles. The highest BCUT2D eigenvalue weighted by atomic mass is 32.2. The second-order valence-electron chi connectivity index (χ2n) is 6.76. The van der Waals surface area contributed by atoms with Crippen LogP contribution in [0.4, 0.5) is 0 Å². The predicted molar refractivity (Wildman–Crippen MR) is 91.3 cm³/mol. The minimum atomic E-state index is -3.03. The van der Waals surface area contributed by atoms with Crippen molar-refractivity contribution in [1.82, 2.24) is 9.62 Å². The van der Waals surface area contributed by atoms with E-state index in [4.69, 9.17) is 4.74 Å². The van der Waals surface area contributed by atoms with Crippen molar-refractivity contribution in [3.63, 3.8) is 0 Å². The van der Waals surface area contributed by atoms with Crippen molar-refractivity contribution in [2.75, 3.05) is 33.0 Å². The predicted octanol–water partition coefficient (Wildman–Crippen LogP) is 1.42. The molecule has 3 rings (SSSR count). The van der Waals surface area contributed by atoms with Crippen LogP contribution in [0.5, 0.6) is 5.75 Å². The maximum absolute atomic E-state index is 11.6. The highest BCUT2D eigenvalue weighted by Gasteiger charge is 2.29. The Labute approximate surface area is 139 Å². The molecular weight excluding hydrogens is 312 g/mol. The van der Waals surface area contributed by atoms with Gasteiger partial charge in [-0.1, -0.05) is 6.07 Å². The SMILES string of the molecule is COc1ccc2c(c1)CC(NCC1CCN(S(C)(=O)=O)C1)CC2. The molecule has 0 spiro atoms. The normalized spacial score (nSPS) is 25.3. The van der Waals surface area contributed by atoms with Crippen LogP contribution in [0.1, 0.15) is 24.0 Å². The summed E-state index contributed by atoms with van der Waals surface area (Å²) in [6.07, 6.45) is 5.51. The molecule has 5 nitrogen and oxygen atoms in total. The lowest BCUT2D eigenvalue weighted by atomic mass is 9.88. The molecule has 0 radical (unpaired) electrons. The van der Waals surface area contributed by atoms with Crippen LogP contribution in [0.15, 0.2) is 18.2 Å². The minimum Gasteiger partial charge on any atom is -0.497 e. The Balaban J connectivity index is 1.52. The third-order valence-electron chi connectivity index (χ3n) is 5.05. The van der Waals surface area contributed by atoms with Crippen LogP contribution >= 0.6 is 0 Å². The van der Waals surface area contributed by atoms with E-state index >= 15 is 0 Å². The second-order valence-corrected chi connectivity index (χ2v) is 8.74. The van der Waals surface area contributed by atoms with Gasteiger partial charge in [-0.3, -0.25) is 0 Å². The van der Waals surface area contributed by atoms with E-state index in [-0.39, 0.29) is 0 Å². The number of fused-ring (bicyclic) bond motifs is 1. The lowest BCUT2D eigenvalue weighted by Gasteiger charge is -2.27. The summed E-state index contributed by atoms with van der Waals surface area (Å²) >= 11 is 0. The van der Waals surface area contributed by atoms with Crippen molar-refractivity contribution in [2.24, 2.45) is 5.92 Å². The molecule has 0 saturated carbocycles. The summed E-state index contributed by atoms with van der Waals surface area (Å²) in [5.41, 5.74) is 2.80. The summed E-state index contributed by atoms with van der Waals surface area (Å²) in [7, 11) is -1.33. The zero-order valence-corrected chi connectivity index (χ0v) is 14.7. The number of hydrogen-bond donors (Lipinski definition) is 1. The first-order valence-electron chi connectivity index (χ1n) is 8.30. The average molecular weight is 338 g/mol. The zero-order valence-electron chi connectivity index (χ0n) is 13.9. The molecule has 0 amide bonds. The van der Waals surface area contributed by atoms with Gasteiger partial charge in [0.05, 0.1) is 13.4 Å². The van der Waals surface area contributed by atoms with Gasteiger partial charge in [-0.05, 0) is 61.4 Å². The molecular formula is C17H26N2O3S. The Morgan fingerprint density at radius 2 is 2.13 bits per heavy atom. The molecule has 1 aromatic carbocycles. The molecule has 0 aromatic heterocycles. The van der Waals surface area contributed by atoms with Crippen molar-refractivity contribution >= 4 is 10.0 Å². The number of aryl methyl sites for hydroxylation is 1. The van der Waals surface area contributed by atoms with Gasteiger partial charge in [0.25, 0.3) is 0 Å². The summed E-state index contributed by atoms with van der Waals surface area (Å²) in [5, 5.41) is 3.65. The van der Waals surface area contributed by atoms with Gasteiger partial charge in [0.2, 0.25) is 10.0 Å². The molecule has 1 heterocycles. The number of benzene rings is 1. The monoisotopic (exact) mass is 338 g/mol. The molecule has 1 N–H and O–H groups in total. The molecule has 2 unspecified atom stereocenters. The van der Waals surface area contributed by atoms with Crippen LogP contribution in [0.2, 0.25) is 0 Å². The van der Waals surface area contributed by atoms with Crippen molar-refractivity contribution < 1.29 is 13.2 Å². The molecule has 1 fully saturated rings. The minimum absolute atomic E-state index is 0.427. The van der Waals surface area contributed by atoms with Gasteiger partial charge in [-0.25, -0.2) is 12.7 Å². The Kier molecular flexibility index (Phi) is 4.94. The average Bonchev–Trinajstić information content (AvgIpc) is 3.01. The lowest BCUT2D eigenvalue weighted by molar-refractivity contribution is 0.394. The molecule has 1 aromatic rings. The molecule has 1 saturated heterocycles. The van der Waals surface area contributed by atoms with Crippen molar-refractivity contribution in [1.29, 1.82) is 0 Å². The number of sulfonamides is 1. The summed E-state index contributed by atoms with van der Waals surface area (Å²) in [6.45, 7) is 2.22. The lowest BCUT2D eigenvalue weighted by Crippen LogP contribution is -2.38. The summed E-state index contributed by atoms with van der Waals surface area (Å²) in [6, 6.07) is 6.82. The third-order valence-corrected chi connectivity index (χ3v) is 6.32. The number of methoxy groups -OCH3 is 1. The number of rotatable bonds is 5. The Morgan fingerprint density at radius 3 is 2.83 bits per heavy atom. The molecule has 0 bridgehead atoms. The number of hydrogen-bond acceptors (Lipinski definition) is 4. The van der Waals surface area contributed by atoms with Gasteiger partial charge in [0, 0.05) is 19.1 Å². The fourth-order valence-corrected chi connectivity index (χ4v) is 4.55. The van der Waals surface area contributed by atoms with Gasteiger partial charge in [0.15, 0.2) is 0 Å². The van der Waals surface area contributed by atoms with E-state index < -0.39 is 10.0 Å². The third kappa shape index (κ3) is 4.05. The van der Waals surface area contributed by atoms with Gasteiger partial charge >= 0.3 is 0 Å². The summed E-state index contributed by atoms with van der Waals surface area (Å²) in [5.74, 6) is 1.35. The number of nitrogens with zero attached hydrogens (tertiary/aromatic N) is 1. The first-order valence-corrected chi connectivity index (χ1v) is 10.1. The van der Waals surface area contributed by atoms with Crippen molar-refractivity contribution in [3.05, 3.63) is 29.3 Å². The fourth-order valence-electron chi connectivity index (χ4n) is 3.63. The van der Waals surface area contributed by atoms with Crippen LogP contribution in [0.25, 0.3) is 0 Å². The van der Waals surface area contributed by atoms with Gasteiger partial charge in [-0.15, -0.1) is 0 Å². The van der Waals surface area contributed by atoms with E-state index in [0.717, 1.165) is 38.0 Å². The van der Waals surface area contributed by atoms with E-state index in [1.807, 2.05) is 6.07 Å². The van der Waals surface area contributed by atoms with Crippen LogP contribution < -0.4 is 10.1 Å². The highest BCUT2D eigenvalue weighted by Crippen LogP contribution is 2.26. The fraction of sp³-hybridized carbons (Fsp3) is 0.647. The Hall–Kier alpha value is -1.11. The van der Waals surface area contributed by atoms with Crippen LogP contribution in [0.3, 0.4) is 0 Å². The quantitative estimate of drug-likeness (QED) is 0.882. The maximum Gasteiger partial charge on any atom is 0.211 e. The van der Waals surface area contributed by atoms with Gasteiger partial charge < -0.3 is 10.1 Å². The van der Waals surface area contributed by atoms with Crippen LogP contribution in [-0.2, 0) is 22.9 Å². The highest BCUT2D eigenvalue weighted by molar-refractivity contribution is 7.88. The van der Waals surface area contributed by atoms with Crippen LogP contribution in [0, 0.1) is 5.92 Å². The largest absolute Gasteiger partial charge is 0.497 e. The first-order chi connectivity index (χ1) is 11.0. The van der Waals surface area contributed by atoms with E-state index in [9.17, 15) is 8.42 Å². The van der Waals surface area contributed by atoms with Crippen molar-refractivity contribution in [2.45, 2.75) is 31.7 Å². The van der Waals surface area contributed by atoms with Gasteiger partial charge in [-0.2, -0.15) is 0 Å². The number of nitrogens with one attached hydrogen (secondary N) is 1. The smallest absolute Gasteiger partial charge is 0.211 e. The standard InChI is InChI=1S/C17H26N2O3S/c1-22-17-6-4-14-3-5-16(9-15(14)10-17)18-11-13-7-8-19(12-13)23(2,20)21/h4,6,10,13,16,18H,3,5,7-9,11-12H2,1-2H3. The summed E-state index contributed by atoms with van der Waals surface area (Å²) in [4.78, 5) is 0. The Bertz CT molecular complexity index is 660.